The lowest BCUT2D eigenvalue weighted by molar-refractivity contribution is -0.142. The van der Waals surface area contributed by atoms with Crippen LogP contribution in [0.3, 0.4) is 0 Å². The Morgan fingerprint density at radius 3 is 2.70 bits per heavy atom. The molecule has 0 unspecified atom stereocenters. The van der Waals surface area contributed by atoms with E-state index in [0.717, 1.165) is 0 Å². The lowest BCUT2D eigenvalue weighted by Gasteiger charge is -2.05. The quantitative estimate of drug-likeness (QED) is 0.517. The van der Waals surface area contributed by atoms with Crippen LogP contribution < -0.4 is 0 Å². The second kappa shape index (κ2) is 5.20. The van der Waals surface area contributed by atoms with Gasteiger partial charge in [-0.05, 0) is 6.42 Å². The van der Waals surface area contributed by atoms with Gasteiger partial charge in [0.05, 0.1) is 19.6 Å². The zero-order valence-corrected chi connectivity index (χ0v) is 5.91. The molecule has 4 nitrogen and oxygen atoms in total. The molecule has 0 aromatic carbocycles. The second-order valence-corrected chi connectivity index (χ2v) is 1.95. The SMILES string of the molecule is COC(=O)C[C@H](O)CCO. The highest BCUT2D eigenvalue weighted by atomic mass is 16.5. The van der Waals surface area contributed by atoms with Crippen molar-refractivity contribution in [2.24, 2.45) is 0 Å². The van der Waals surface area contributed by atoms with E-state index in [1.165, 1.54) is 7.11 Å². The summed E-state index contributed by atoms with van der Waals surface area (Å²) in [5, 5.41) is 17.2. The standard InChI is InChI=1S/C6H12O4/c1-10-6(9)4-5(8)2-3-7/h5,7-8H,2-4H2,1H3/t5-/m1/s1. The molecular weight excluding hydrogens is 136 g/mol. The molecule has 1 atom stereocenters. The number of aliphatic hydroxyl groups is 2. The van der Waals surface area contributed by atoms with E-state index in [9.17, 15) is 4.79 Å². The number of carbonyl (C=O) groups is 1. The maximum absolute atomic E-state index is 10.4. The number of esters is 1. The highest BCUT2D eigenvalue weighted by molar-refractivity contribution is 5.69. The van der Waals surface area contributed by atoms with Crippen LogP contribution in [0.2, 0.25) is 0 Å². The molecule has 60 valence electrons. The first kappa shape index (κ1) is 9.39. The highest BCUT2D eigenvalue weighted by Crippen LogP contribution is 1.97. The third kappa shape index (κ3) is 4.29. The molecule has 0 saturated heterocycles. The van der Waals surface area contributed by atoms with Crippen LogP contribution in [-0.2, 0) is 9.53 Å². The van der Waals surface area contributed by atoms with Gasteiger partial charge in [0.15, 0.2) is 0 Å². The van der Waals surface area contributed by atoms with Crippen LogP contribution >= 0.6 is 0 Å². The van der Waals surface area contributed by atoms with Crippen molar-refractivity contribution in [3.63, 3.8) is 0 Å². The van der Waals surface area contributed by atoms with E-state index in [-0.39, 0.29) is 19.4 Å². The summed E-state index contributed by atoms with van der Waals surface area (Å²) in [5.74, 6) is -0.457. The molecule has 0 radical (unpaired) electrons. The summed E-state index contributed by atoms with van der Waals surface area (Å²) in [6.45, 7) is -0.113. The average Bonchev–Trinajstić information content (AvgIpc) is 1.88. The van der Waals surface area contributed by atoms with Crippen molar-refractivity contribution in [3.05, 3.63) is 0 Å². The Hall–Kier alpha value is -0.610. The van der Waals surface area contributed by atoms with E-state index >= 15 is 0 Å². The summed E-state index contributed by atoms with van der Waals surface area (Å²) >= 11 is 0. The minimum atomic E-state index is -0.780. The number of aliphatic hydroxyl groups excluding tert-OH is 2. The molecule has 0 aromatic rings. The Balaban J connectivity index is 3.37. The van der Waals surface area contributed by atoms with Gasteiger partial charge >= 0.3 is 5.97 Å². The summed E-state index contributed by atoms with van der Waals surface area (Å²) in [6.07, 6.45) is -0.607. The smallest absolute Gasteiger partial charge is 0.308 e. The zero-order chi connectivity index (χ0) is 7.98. The van der Waals surface area contributed by atoms with Gasteiger partial charge in [-0.25, -0.2) is 0 Å². The van der Waals surface area contributed by atoms with Crippen molar-refractivity contribution >= 4 is 5.97 Å². The monoisotopic (exact) mass is 148 g/mol. The second-order valence-electron chi connectivity index (χ2n) is 1.95. The van der Waals surface area contributed by atoms with Gasteiger partial charge in [0.1, 0.15) is 0 Å². The average molecular weight is 148 g/mol. The van der Waals surface area contributed by atoms with Crippen molar-refractivity contribution in [1.29, 1.82) is 0 Å². The van der Waals surface area contributed by atoms with Gasteiger partial charge in [-0.2, -0.15) is 0 Å². The Kier molecular flexibility index (Phi) is 4.88. The van der Waals surface area contributed by atoms with E-state index in [0.29, 0.717) is 0 Å². The Labute approximate surface area is 59.4 Å². The lowest BCUT2D eigenvalue weighted by atomic mass is 10.2. The van der Waals surface area contributed by atoms with Crippen LogP contribution in [0.4, 0.5) is 0 Å². The predicted molar refractivity (Wildman–Crippen MR) is 34.3 cm³/mol. The molecule has 0 aliphatic heterocycles. The van der Waals surface area contributed by atoms with Gasteiger partial charge in [0, 0.05) is 6.61 Å². The van der Waals surface area contributed by atoms with Gasteiger partial charge < -0.3 is 14.9 Å². The van der Waals surface area contributed by atoms with Crippen LogP contribution in [0.25, 0.3) is 0 Å². The minimum absolute atomic E-state index is 0.0446. The molecule has 0 fully saturated rings. The molecule has 0 aliphatic carbocycles. The maximum Gasteiger partial charge on any atom is 0.308 e. The molecule has 0 heterocycles. The fourth-order valence-electron chi connectivity index (χ4n) is 0.527. The summed E-state index contributed by atoms with van der Waals surface area (Å²) in [5.41, 5.74) is 0. The summed E-state index contributed by atoms with van der Waals surface area (Å²) in [6, 6.07) is 0. The fraction of sp³-hybridized carbons (Fsp3) is 0.833. The molecule has 0 amide bonds. The van der Waals surface area contributed by atoms with Crippen molar-refractivity contribution < 1.29 is 19.7 Å². The first-order valence-electron chi connectivity index (χ1n) is 3.06. The minimum Gasteiger partial charge on any atom is -0.469 e. The third-order valence-corrected chi connectivity index (χ3v) is 1.09. The van der Waals surface area contributed by atoms with Crippen LogP contribution in [0.15, 0.2) is 0 Å². The molecule has 0 saturated carbocycles. The summed E-state index contributed by atoms with van der Waals surface area (Å²) < 4.78 is 4.29. The largest absolute Gasteiger partial charge is 0.469 e. The van der Waals surface area contributed by atoms with E-state index in [2.05, 4.69) is 4.74 Å². The lowest BCUT2D eigenvalue weighted by Crippen LogP contribution is -2.15. The number of methoxy groups -OCH3 is 1. The van der Waals surface area contributed by atoms with Crippen molar-refractivity contribution in [1.82, 2.24) is 0 Å². The van der Waals surface area contributed by atoms with Crippen molar-refractivity contribution in [2.75, 3.05) is 13.7 Å². The van der Waals surface area contributed by atoms with Crippen LogP contribution in [0.5, 0.6) is 0 Å². The molecule has 0 aromatic heterocycles. The predicted octanol–water partition coefficient (Wildman–Crippen LogP) is -0.707. The number of carbonyl (C=O) groups excluding carboxylic acids is 1. The van der Waals surface area contributed by atoms with E-state index < -0.39 is 12.1 Å². The molecule has 2 N–H and O–H groups in total. The topological polar surface area (TPSA) is 66.8 Å². The third-order valence-electron chi connectivity index (χ3n) is 1.09. The molecule has 0 aliphatic rings. The number of hydrogen-bond donors (Lipinski definition) is 2. The summed E-state index contributed by atoms with van der Waals surface area (Å²) in [7, 11) is 1.26. The molecule has 0 rings (SSSR count). The fourth-order valence-corrected chi connectivity index (χ4v) is 0.527. The molecular formula is C6H12O4. The number of rotatable bonds is 4. The van der Waals surface area contributed by atoms with Gasteiger partial charge in [-0.15, -0.1) is 0 Å². The highest BCUT2D eigenvalue weighted by Gasteiger charge is 2.09. The van der Waals surface area contributed by atoms with Crippen LogP contribution in [0.1, 0.15) is 12.8 Å². The van der Waals surface area contributed by atoms with Gasteiger partial charge in [-0.1, -0.05) is 0 Å². The zero-order valence-electron chi connectivity index (χ0n) is 5.91. The van der Waals surface area contributed by atoms with Crippen molar-refractivity contribution in [3.8, 4) is 0 Å². The van der Waals surface area contributed by atoms with Gasteiger partial charge in [0.25, 0.3) is 0 Å². The van der Waals surface area contributed by atoms with E-state index in [4.69, 9.17) is 10.2 Å². The Bertz CT molecular complexity index is 102. The maximum atomic E-state index is 10.4. The van der Waals surface area contributed by atoms with Crippen LogP contribution in [-0.4, -0.2) is 36.0 Å². The Morgan fingerprint density at radius 2 is 2.30 bits per heavy atom. The summed E-state index contributed by atoms with van der Waals surface area (Å²) in [4.78, 5) is 10.4. The molecule has 10 heavy (non-hydrogen) atoms. The van der Waals surface area contributed by atoms with Crippen molar-refractivity contribution in [2.45, 2.75) is 18.9 Å². The number of ether oxygens (including phenoxy) is 1. The Morgan fingerprint density at radius 1 is 1.70 bits per heavy atom. The van der Waals surface area contributed by atoms with Gasteiger partial charge in [-0.3, -0.25) is 4.79 Å². The first-order chi connectivity index (χ1) is 4.70. The first-order valence-corrected chi connectivity index (χ1v) is 3.06. The normalized spacial score (nSPS) is 12.7. The molecule has 4 heteroatoms. The van der Waals surface area contributed by atoms with Crippen LogP contribution in [0, 0.1) is 0 Å². The number of hydrogen-bond acceptors (Lipinski definition) is 4. The molecule has 0 bridgehead atoms. The van der Waals surface area contributed by atoms with E-state index in [1.54, 1.807) is 0 Å². The van der Waals surface area contributed by atoms with E-state index in [1.807, 2.05) is 0 Å². The van der Waals surface area contributed by atoms with Gasteiger partial charge in [0.2, 0.25) is 0 Å². The molecule has 0 spiro atoms.